The number of nitrogens with two attached hydrogens (primary N) is 1. The lowest BCUT2D eigenvalue weighted by molar-refractivity contribution is -0.384. The molecule has 1 aromatic rings. The van der Waals surface area contributed by atoms with E-state index in [4.69, 9.17) is 9.92 Å². The molecule has 14 heavy (non-hydrogen) atoms. The van der Waals surface area contributed by atoms with E-state index < -0.39 is 14.8 Å². The first-order valence-corrected chi connectivity index (χ1v) is 4.84. The maximum Gasteiger partial charge on any atom is 0.269 e. The fraction of sp³-hybridized carbons (Fsp3) is 0. The SMILES string of the molecule is Cl.N=S(N)(=O)c1ccc([N+](=O)[O-])cc1. The third kappa shape index (κ3) is 2.95. The van der Waals surface area contributed by atoms with Gasteiger partial charge in [0, 0.05) is 12.1 Å². The van der Waals surface area contributed by atoms with Crippen LogP contribution in [-0.4, -0.2) is 9.13 Å². The molecule has 0 saturated carbocycles. The van der Waals surface area contributed by atoms with Crippen molar-refractivity contribution in [2.45, 2.75) is 4.90 Å². The molecule has 0 aromatic heterocycles. The molecule has 1 aromatic carbocycles. The van der Waals surface area contributed by atoms with Crippen molar-refractivity contribution in [1.29, 1.82) is 4.78 Å². The average Bonchev–Trinajstić information content (AvgIpc) is 2.03. The summed E-state index contributed by atoms with van der Waals surface area (Å²) in [5, 5.41) is 15.2. The predicted molar refractivity (Wildman–Crippen MR) is 53.7 cm³/mol. The standard InChI is InChI=1S/C6H7N3O3S.ClH/c7-13(8,12)6-3-1-5(2-4-6)9(10)11;/h1-4H,(H3,7,8,12);1H. The molecule has 0 spiro atoms. The van der Waals surface area contributed by atoms with E-state index in [-0.39, 0.29) is 23.0 Å². The van der Waals surface area contributed by atoms with E-state index in [1.54, 1.807) is 0 Å². The van der Waals surface area contributed by atoms with Crippen LogP contribution in [0, 0.1) is 14.9 Å². The van der Waals surface area contributed by atoms with Gasteiger partial charge in [0.25, 0.3) is 5.69 Å². The third-order valence-corrected chi connectivity index (χ3v) is 2.37. The van der Waals surface area contributed by atoms with Crippen LogP contribution in [0.5, 0.6) is 0 Å². The van der Waals surface area contributed by atoms with E-state index in [9.17, 15) is 14.3 Å². The predicted octanol–water partition coefficient (Wildman–Crippen LogP) is 1.30. The summed E-state index contributed by atoms with van der Waals surface area (Å²) >= 11 is 0. The molecule has 1 atom stereocenters. The summed E-state index contributed by atoms with van der Waals surface area (Å²) < 4.78 is 17.9. The van der Waals surface area contributed by atoms with Gasteiger partial charge in [-0.2, -0.15) is 0 Å². The van der Waals surface area contributed by atoms with Crippen LogP contribution in [0.3, 0.4) is 0 Å². The first-order valence-electron chi connectivity index (χ1n) is 3.22. The Kier molecular flexibility index (Phi) is 3.99. The van der Waals surface area contributed by atoms with Crippen LogP contribution in [0.25, 0.3) is 0 Å². The van der Waals surface area contributed by atoms with E-state index in [0.29, 0.717) is 0 Å². The third-order valence-electron chi connectivity index (χ3n) is 1.40. The first-order chi connectivity index (χ1) is 5.91. The van der Waals surface area contributed by atoms with Crippen molar-refractivity contribution in [3.05, 3.63) is 34.4 Å². The summed E-state index contributed by atoms with van der Waals surface area (Å²) in [7, 11) is -3.27. The van der Waals surface area contributed by atoms with Gasteiger partial charge in [0.15, 0.2) is 0 Å². The molecular weight excluding hydrogens is 230 g/mol. The number of nitro benzene ring substituents is 1. The largest absolute Gasteiger partial charge is 0.269 e. The summed E-state index contributed by atoms with van der Waals surface area (Å²) in [6.45, 7) is 0. The molecule has 8 heteroatoms. The lowest BCUT2D eigenvalue weighted by atomic mass is 10.3. The second-order valence-electron chi connectivity index (χ2n) is 2.35. The Balaban J connectivity index is 0.00000169. The zero-order valence-corrected chi connectivity index (χ0v) is 8.51. The molecule has 0 bridgehead atoms. The topological polar surface area (TPSA) is 110 Å². The molecule has 0 radical (unpaired) electrons. The van der Waals surface area contributed by atoms with Gasteiger partial charge in [-0.1, -0.05) is 0 Å². The van der Waals surface area contributed by atoms with E-state index in [1.807, 2.05) is 0 Å². The fourth-order valence-electron chi connectivity index (χ4n) is 0.770. The molecule has 0 fully saturated rings. The van der Waals surface area contributed by atoms with Gasteiger partial charge in [0.2, 0.25) is 0 Å². The molecule has 0 amide bonds. The molecule has 0 saturated heterocycles. The highest BCUT2D eigenvalue weighted by atomic mass is 35.5. The lowest BCUT2D eigenvalue weighted by Crippen LogP contribution is -2.09. The normalized spacial score (nSPS) is 13.8. The monoisotopic (exact) mass is 237 g/mol. The molecule has 6 nitrogen and oxygen atoms in total. The van der Waals surface area contributed by atoms with E-state index in [1.165, 1.54) is 12.1 Å². The lowest BCUT2D eigenvalue weighted by Gasteiger charge is -1.98. The van der Waals surface area contributed by atoms with Crippen LogP contribution in [0.2, 0.25) is 0 Å². The summed E-state index contributed by atoms with van der Waals surface area (Å²) in [4.78, 5) is 9.72. The highest BCUT2D eigenvalue weighted by molar-refractivity contribution is 7.90. The Bertz CT molecular complexity index is 428. The van der Waals surface area contributed by atoms with Gasteiger partial charge >= 0.3 is 0 Å². The first kappa shape index (κ1) is 12.8. The number of rotatable bonds is 2. The van der Waals surface area contributed by atoms with Crippen molar-refractivity contribution in [2.75, 3.05) is 0 Å². The van der Waals surface area contributed by atoms with Crippen molar-refractivity contribution in [3.63, 3.8) is 0 Å². The highest BCUT2D eigenvalue weighted by Crippen LogP contribution is 2.14. The number of nitro groups is 1. The molecule has 1 unspecified atom stereocenters. The van der Waals surface area contributed by atoms with Crippen molar-refractivity contribution < 1.29 is 9.13 Å². The summed E-state index contributed by atoms with van der Waals surface area (Å²) in [6.07, 6.45) is 0. The molecule has 0 aliphatic rings. The minimum absolute atomic E-state index is 0. The molecule has 3 N–H and O–H groups in total. The highest BCUT2D eigenvalue weighted by Gasteiger charge is 2.07. The van der Waals surface area contributed by atoms with Crippen LogP contribution >= 0.6 is 12.4 Å². The second-order valence-corrected chi connectivity index (χ2v) is 4.02. The van der Waals surface area contributed by atoms with Crippen molar-refractivity contribution in [2.24, 2.45) is 5.14 Å². The molecule has 0 aliphatic carbocycles. The number of hydrogen-bond acceptors (Lipinski definition) is 4. The van der Waals surface area contributed by atoms with Gasteiger partial charge in [0.1, 0.15) is 9.92 Å². The van der Waals surface area contributed by atoms with Gasteiger partial charge in [-0.25, -0.2) is 14.1 Å². The minimum atomic E-state index is -3.27. The Morgan fingerprint density at radius 2 is 1.79 bits per heavy atom. The van der Waals surface area contributed by atoms with E-state index >= 15 is 0 Å². The summed E-state index contributed by atoms with van der Waals surface area (Å²) in [5.41, 5.74) is -0.118. The van der Waals surface area contributed by atoms with Crippen molar-refractivity contribution in [3.8, 4) is 0 Å². The number of nitrogens with zero attached hydrogens (tertiary/aromatic N) is 1. The average molecular weight is 238 g/mol. The molecular formula is C6H8ClN3O3S. The minimum Gasteiger partial charge on any atom is -0.258 e. The number of nitrogens with one attached hydrogen (secondary N) is 1. The van der Waals surface area contributed by atoms with Gasteiger partial charge in [-0.05, 0) is 12.1 Å². The zero-order valence-electron chi connectivity index (χ0n) is 6.88. The summed E-state index contributed by atoms with van der Waals surface area (Å²) in [5.74, 6) is 0. The Morgan fingerprint density at radius 1 is 1.36 bits per heavy atom. The fourth-order valence-corrected chi connectivity index (χ4v) is 1.31. The molecule has 0 aliphatic heterocycles. The van der Waals surface area contributed by atoms with Crippen molar-refractivity contribution >= 4 is 28.0 Å². The van der Waals surface area contributed by atoms with Gasteiger partial charge in [-0.3, -0.25) is 10.1 Å². The van der Waals surface area contributed by atoms with Gasteiger partial charge in [0.05, 0.1) is 9.82 Å². The van der Waals surface area contributed by atoms with Gasteiger partial charge < -0.3 is 0 Å². The Hall–Kier alpha value is -1.18. The van der Waals surface area contributed by atoms with Crippen LogP contribution < -0.4 is 5.14 Å². The maximum absolute atomic E-state index is 10.9. The van der Waals surface area contributed by atoms with E-state index in [2.05, 4.69) is 0 Å². The van der Waals surface area contributed by atoms with Crippen LogP contribution in [-0.2, 0) is 9.92 Å². The second kappa shape index (κ2) is 4.36. The van der Waals surface area contributed by atoms with Crippen LogP contribution in [0.1, 0.15) is 0 Å². The van der Waals surface area contributed by atoms with Crippen LogP contribution in [0.15, 0.2) is 29.2 Å². The van der Waals surface area contributed by atoms with E-state index in [0.717, 1.165) is 12.1 Å². The number of benzene rings is 1. The number of hydrogen-bond donors (Lipinski definition) is 2. The Morgan fingerprint density at radius 3 is 2.07 bits per heavy atom. The molecule has 78 valence electrons. The molecule has 1 rings (SSSR count). The van der Waals surface area contributed by atoms with Crippen LogP contribution in [0.4, 0.5) is 5.69 Å². The summed E-state index contributed by atoms with van der Waals surface area (Å²) in [6, 6.07) is 4.76. The number of halogens is 1. The van der Waals surface area contributed by atoms with Crippen molar-refractivity contribution in [1.82, 2.24) is 0 Å². The molecule has 0 heterocycles. The zero-order chi connectivity index (χ0) is 10.1. The number of non-ortho nitro benzene ring substituents is 1. The maximum atomic E-state index is 10.9. The Labute approximate surface area is 86.8 Å². The quantitative estimate of drug-likeness (QED) is 0.597. The van der Waals surface area contributed by atoms with Gasteiger partial charge in [-0.15, -0.1) is 12.4 Å². The smallest absolute Gasteiger partial charge is 0.258 e.